The number of nitrogens with zero attached hydrogens (tertiary/aromatic N) is 1. The normalized spacial score (nSPS) is 21.6. The maximum Gasteiger partial charge on any atom is 0.411 e. The second-order valence-electron chi connectivity index (χ2n) is 6.73. The van der Waals surface area contributed by atoms with E-state index in [1.54, 1.807) is 17.0 Å². The van der Waals surface area contributed by atoms with Gasteiger partial charge in [-0.25, -0.2) is 4.79 Å². The molecule has 2 aliphatic rings. The Morgan fingerprint density at radius 3 is 2.74 bits per heavy atom. The van der Waals surface area contributed by atoms with Crippen LogP contribution in [0.4, 0.5) is 4.79 Å². The summed E-state index contributed by atoms with van der Waals surface area (Å²) < 4.78 is 11.2. The summed E-state index contributed by atoms with van der Waals surface area (Å²) in [5.41, 5.74) is 2.97. The first-order valence-electron chi connectivity index (χ1n) is 8.84. The molecule has 2 heterocycles. The number of benzene rings is 2. The van der Waals surface area contributed by atoms with Gasteiger partial charge in [0, 0.05) is 10.0 Å². The van der Waals surface area contributed by atoms with Crippen molar-refractivity contribution in [3.8, 4) is 0 Å². The number of morpholine rings is 1. The zero-order valence-corrected chi connectivity index (χ0v) is 16.1. The van der Waals surface area contributed by atoms with Gasteiger partial charge in [0.05, 0.1) is 25.3 Å². The molecule has 0 aliphatic carbocycles. The average Bonchev–Trinajstić information content (AvgIpc) is 2.68. The molecule has 2 unspecified atom stereocenters. The third kappa shape index (κ3) is 3.98. The predicted molar refractivity (Wildman–Crippen MR) is 106 cm³/mol. The van der Waals surface area contributed by atoms with E-state index < -0.39 is 0 Å². The minimum absolute atomic E-state index is 0.0814. The number of rotatable bonds is 3. The van der Waals surface area contributed by atoms with E-state index >= 15 is 0 Å². The Kier molecular flexibility index (Phi) is 5.39. The maximum atomic E-state index is 12.7. The lowest BCUT2D eigenvalue weighted by molar-refractivity contribution is -0.0342. The van der Waals surface area contributed by atoms with E-state index in [1.165, 1.54) is 0 Å². The van der Waals surface area contributed by atoms with Crippen LogP contribution >= 0.6 is 23.2 Å². The van der Waals surface area contributed by atoms with Crippen LogP contribution in [0.1, 0.15) is 17.5 Å². The SMILES string of the molecule is O=C(OCc1ccccc1)N1C2C=C(c3cc(Cl)ccc3Cl)CC1COC2. The minimum Gasteiger partial charge on any atom is -0.445 e. The highest BCUT2D eigenvalue weighted by Crippen LogP contribution is 2.36. The van der Waals surface area contributed by atoms with Crippen molar-refractivity contribution in [2.24, 2.45) is 0 Å². The van der Waals surface area contributed by atoms with Crippen LogP contribution in [-0.4, -0.2) is 36.3 Å². The van der Waals surface area contributed by atoms with E-state index in [0.29, 0.717) is 29.7 Å². The predicted octanol–water partition coefficient (Wildman–Crippen LogP) is 5.19. The van der Waals surface area contributed by atoms with Gasteiger partial charge >= 0.3 is 6.09 Å². The van der Waals surface area contributed by atoms with Gasteiger partial charge in [-0.1, -0.05) is 59.6 Å². The Hall–Kier alpha value is -2.01. The highest BCUT2D eigenvalue weighted by Gasteiger charge is 2.39. The number of fused-ring (bicyclic) bond motifs is 2. The first kappa shape index (κ1) is 18.4. The number of carbonyl (C=O) groups excluding carboxylic acids is 1. The Labute approximate surface area is 168 Å². The van der Waals surface area contributed by atoms with Crippen molar-refractivity contribution in [2.45, 2.75) is 25.1 Å². The number of ether oxygens (including phenoxy) is 2. The van der Waals surface area contributed by atoms with Crippen LogP contribution in [0.25, 0.3) is 5.57 Å². The van der Waals surface area contributed by atoms with Crippen molar-refractivity contribution in [3.05, 3.63) is 75.8 Å². The molecular weight excluding hydrogens is 385 g/mol. The van der Waals surface area contributed by atoms with E-state index in [0.717, 1.165) is 16.7 Å². The third-order valence-electron chi connectivity index (χ3n) is 4.89. The number of halogens is 2. The first-order valence-corrected chi connectivity index (χ1v) is 9.60. The molecule has 0 spiro atoms. The topological polar surface area (TPSA) is 38.8 Å². The zero-order chi connectivity index (χ0) is 18.8. The van der Waals surface area contributed by atoms with Gasteiger partial charge in [-0.3, -0.25) is 4.90 Å². The second kappa shape index (κ2) is 7.93. The van der Waals surface area contributed by atoms with E-state index in [-0.39, 0.29) is 24.8 Å². The fraction of sp³-hybridized carbons (Fsp3) is 0.286. The molecule has 2 aromatic carbocycles. The summed E-state index contributed by atoms with van der Waals surface area (Å²) >= 11 is 12.5. The molecule has 2 bridgehead atoms. The standard InChI is InChI=1S/C21H19Cl2NO3/c22-16-6-7-20(23)19(10-16)15-8-17-12-26-13-18(9-15)24(17)21(25)27-11-14-4-2-1-3-5-14/h1-8,10,17-18H,9,11-13H2. The highest BCUT2D eigenvalue weighted by molar-refractivity contribution is 6.34. The fourth-order valence-corrected chi connectivity index (χ4v) is 4.03. The molecule has 0 N–H and O–H groups in total. The van der Waals surface area contributed by atoms with Gasteiger partial charge in [-0.2, -0.15) is 0 Å². The number of hydrogen-bond donors (Lipinski definition) is 0. The molecule has 4 nitrogen and oxygen atoms in total. The molecule has 27 heavy (non-hydrogen) atoms. The number of amides is 1. The van der Waals surface area contributed by atoms with Crippen LogP contribution in [0, 0.1) is 0 Å². The minimum atomic E-state index is -0.315. The molecule has 0 aromatic heterocycles. The fourth-order valence-electron chi connectivity index (χ4n) is 3.62. The third-order valence-corrected chi connectivity index (χ3v) is 5.45. The van der Waals surface area contributed by atoms with Crippen LogP contribution in [0.3, 0.4) is 0 Å². The lowest BCUT2D eigenvalue weighted by Crippen LogP contribution is -2.56. The van der Waals surface area contributed by atoms with Gasteiger partial charge in [0.15, 0.2) is 0 Å². The van der Waals surface area contributed by atoms with Crippen molar-refractivity contribution in [1.82, 2.24) is 4.90 Å². The summed E-state index contributed by atoms with van der Waals surface area (Å²) in [4.78, 5) is 14.5. The monoisotopic (exact) mass is 403 g/mol. The Morgan fingerprint density at radius 2 is 1.96 bits per heavy atom. The lowest BCUT2D eigenvalue weighted by Gasteiger charge is -2.43. The molecule has 2 aliphatic heterocycles. The van der Waals surface area contributed by atoms with Crippen molar-refractivity contribution in [1.29, 1.82) is 0 Å². The van der Waals surface area contributed by atoms with E-state index in [9.17, 15) is 4.79 Å². The lowest BCUT2D eigenvalue weighted by atomic mass is 9.90. The van der Waals surface area contributed by atoms with Crippen LogP contribution in [-0.2, 0) is 16.1 Å². The van der Waals surface area contributed by atoms with E-state index in [4.69, 9.17) is 32.7 Å². The Morgan fingerprint density at radius 1 is 1.15 bits per heavy atom. The molecule has 2 aromatic rings. The van der Waals surface area contributed by atoms with Gasteiger partial charge in [0.1, 0.15) is 6.61 Å². The van der Waals surface area contributed by atoms with Crippen LogP contribution < -0.4 is 0 Å². The second-order valence-corrected chi connectivity index (χ2v) is 7.57. The summed E-state index contributed by atoms with van der Waals surface area (Å²) in [6.07, 6.45) is 2.37. The summed E-state index contributed by atoms with van der Waals surface area (Å²) in [6.45, 7) is 1.18. The van der Waals surface area contributed by atoms with Crippen LogP contribution in [0.15, 0.2) is 54.6 Å². The molecule has 1 amide bonds. The van der Waals surface area contributed by atoms with Gasteiger partial charge in [0.2, 0.25) is 0 Å². The summed E-state index contributed by atoms with van der Waals surface area (Å²) in [5, 5.41) is 1.30. The molecule has 6 heteroatoms. The van der Waals surface area contributed by atoms with Crippen molar-refractivity contribution < 1.29 is 14.3 Å². The molecule has 0 saturated carbocycles. The first-order chi connectivity index (χ1) is 13.1. The van der Waals surface area contributed by atoms with Gasteiger partial charge < -0.3 is 9.47 Å². The van der Waals surface area contributed by atoms with Crippen LogP contribution in [0.5, 0.6) is 0 Å². The van der Waals surface area contributed by atoms with E-state index in [2.05, 4.69) is 0 Å². The zero-order valence-electron chi connectivity index (χ0n) is 14.6. The largest absolute Gasteiger partial charge is 0.445 e. The smallest absolute Gasteiger partial charge is 0.411 e. The summed E-state index contributed by atoms with van der Waals surface area (Å²) in [5.74, 6) is 0. The molecule has 140 valence electrons. The van der Waals surface area contributed by atoms with Gasteiger partial charge in [-0.05, 0) is 41.3 Å². The molecule has 1 fully saturated rings. The van der Waals surface area contributed by atoms with Crippen molar-refractivity contribution in [3.63, 3.8) is 0 Å². The quantitative estimate of drug-likeness (QED) is 0.707. The molecule has 4 rings (SSSR count). The molecular formula is C21H19Cl2NO3. The van der Waals surface area contributed by atoms with Gasteiger partial charge in [0.25, 0.3) is 0 Å². The average molecular weight is 404 g/mol. The van der Waals surface area contributed by atoms with Crippen LogP contribution in [0.2, 0.25) is 10.0 Å². The summed E-state index contributed by atoms with van der Waals surface area (Å²) in [7, 11) is 0. The molecule has 1 saturated heterocycles. The highest BCUT2D eigenvalue weighted by atomic mass is 35.5. The van der Waals surface area contributed by atoms with E-state index in [1.807, 2.05) is 42.5 Å². The van der Waals surface area contributed by atoms with Crippen molar-refractivity contribution >= 4 is 34.9 Å². The Balaban J connectivity index is 1.53. The van der Waals surface area contributed by atoms with Crippen molar-refractivity contribution in [2.75, 3.05) is 13.2 Å². The molecule has 0 radical (unpaired) electrons. The summed E-state index contributed by atoms with van der Waals surface area (Å²) in [6, 6.07) is 14.8. The Bertz CT molecular complexity index is 869. The molecule has 2 atom stereocenters. The number of carbonyl (C=O) groups is 1. The number of hydrogen-bond acceptors (Lipinski definition) is 3. The maximum absolute atomic E-state index is 12.7. The van der Waals surface area contributed by atoms with Gasteiger partial charge in [-0.15, -0.1) is 0 Å².